The van der Waals surface area contributed by atoms with Crippen molar-refractivity contribution in [3.8, 4) is 0 Å². The molecule has 0 bridgehead atoms. The number of anilines is 1. The van der Waals surface area contributed by atoms with E-state index in [9.17, 15) is 9.59 Å². The van der Waals surface area contributed by atoms with Gasteiger partial charge in [-0.05, 0) is 32.4 Å². The number of nitrogens with zero attached hydrogens (tertiary/aromatic N) is 1. The minimum atomic E-state index is -0.402. The van der Waals surface area contributed by atoms with E-state index in [1.807, 2.05) is 13.0 Å². The highest BCUT2D eigenvalue weighted by Gasteiger charge is 2.62. The van der Waals surface area contributed by atoms with Gasteiger partial charge in [-0.25, -0.2) is 4.79 Å². The average molecular weight is 319 g/mol. The smallest absolute Gasteiger partial charge is 0.340 e. The van der Waals surface area contributed by atoms with Gasteiger partial charge in [0, 0.05) is 12.8 Å². The summed E-state index contributed by atoms with van der Waals surface area (Å²) in [5, 5.41) is 3.01. The van der Waals surface area contributed by atoms with E-state index in [1.54, 1.807) is 19.1 Å². The molecular weight excluding hydrogens is 292 g/mol. The number of nitrogens with one attached hydrogen (secondary N) is 1. The highest BCUT2D eigenvalue weighted by Crippen LogP contribution is 2.46. The number of likely N-dealkylation sites (N-methyl/N-ethyl adjacent to an activating group) is 1. The first-order chi connectivity index (χ1) is 10.8. The molecule has 1 aliphatic carbocycles. The van der Waals surface area contributed by atoms with E-state index in [2.05, 4.69) is 26.3 Å². The van der Waals surface area contributed by atoms with Crippen molar-refractivity contribution in [3.63, 3.8) is 0 Å². The van der Waals surface area contributed by atoms with Gasteiger partial charge in [-0.3, -0.25) is 4.79 Å². The zero-order valence-electron chi connectivity index (χ0n) is 14.7. The van der Waals surface area contributed by atoms with Crippen molar-refractivity contribution in [1.29, 1.82) is 0 Å². The van der Waals surface area contributed by atoms with Crippen molar-refractivity contribution < 1.29 is 18.8 Å². The molecule has 0 saturated heterocycles. The second-order valence-corrected chi connectivity index (χ2v) is 6.70. The van der Waals surface area contributed by atoms with Crippen molar-refractivity contribution in [3.05, 3.63) is 29.3 Å². The van der Waals surface area contributed by atoms with Crippen LogP contribution in [0.25, 0.3) is 0 Å². The number of para-hydroxylation sites is 1. The number of benzene rings is 1. The Morgan fingerprint density at radius 2 is 1.91 bits per heavy atom. The van der Waals surface area contributed by atoms with Crippen molar-refractivity contribution in [2.45, 2.75) is 39.2 Å². The van der Waals surface area contributed by atoms with E-state index in [1.165, 1.54) is 0 Å². The Kier molecular flexibility index (Phi) is 4.80. The summed E-state index contributed by atoms with van der Waals surface area (Å²) >= 11 is 0. The summed E-state index contributed by atoms with van der Waals surface area (Å²) < 4.78 is 5.75. The molecule has 0 aromatic heterocycles. The third-order valence-corrected chi connectivity index (χ3v) is 5.10. The van der Waals surface area contributed by atoms with E-state index in [-0.39, 0.29) is 11.4 Å². The maximum atomic E-state index is 12.9. The van der Waals surface area contributed by atoms with Gasteiger partial charge in [0.1, 0.15) is 0 Å². The van der Waals surface area contributed by atoms with Crippen LogP contribution in [-0.4, -0.2) is 49.1 Å². The summed E-state index contributed by atoms with van der Waals surface area (Å²) in [6.45, 7) is 6.94. The Morgan fingerprint density at radius 1 is 1.26 bits per heavy atom. The maximum absolute atomic E-state index is 12.9. The SMILES string of the molecule is CCOC(=O)c1cccc(C)c1NC(=O)C1([N+](C)(C)CC)CC1. The fourth-order valence-corrected chi connectivity index (χ4v) is 2.97. The molecule has 1 N–H and O–H groups in total. The minimum absolute atomic E-state index is 0.0100. The lowest BCUT2D eigenvalue weighted by Gasteiger charge is -2.36. The third-order valence-electron chi connectivity index (χ3n) is 5.10. The Balaban J connectivity index is 2.30. The molecule has 5 heteroatoms. The van der Waals surface area contributed by atoms with Crippen LogP contribution in [0.4, 0.5) is 5.69 Å². The van der Waals surface area contributed by atoms with Crippen LogP contribution < -0.4 is 5.32 Å². The van der Waals surface area contributed by atoms with E-state index in [4.69, 9.17) is 4.74 Å². The summed E-state index contributed by atoms with van der Waals surface area (Å²) in [5.41, 5.74) is 1.46. The van der Waals surface area contributed by atoms with Crippen LogP contribution in [0.2, 0.25) is 0 Å². The molecule has 5 nitrogen and oxygen atoms in total. The molecule has 1 amide bonds. The fourth-order valence-electron chi connectivity index (χ4n) is 2.97. The summed E-state index contributed by atoms with van der Waals surface area (Å²) in [6, 6.07) is 5.38. The van der Waals surface area contributed by atoms with Crippen LogP contribution in [0.1, 0.15) is 42.6 Å². The van der Waals surface area contributed by atoms with Gasteiger partial charge in [0.15, 0.2) is 5.54 Å². The minimum Gasteiger partial charge on any atom is -0.462 e. The van der Waals surface area contributed by atoms with Crippen LogP contribution in [0.3, 0.4) is 0 Å². The highest BCUT2D eigenvalue weighted by atomic mass is 16.5. The number of esters is 1. The number of ether oxygens (including phenoxy) is 1. The van der Waals surface area contributed by atoms with Crippen LogP contribution in [0.15, 0.2) is 18.2 Å². The topological polar surface area (TPSA) is 55.4 Å². The molecule has 0 radical (unpaired) electrons. The van der Waals surface area contributed by atoms with Gasteiger partial charge in [-0.15, -0.1) is 0 Å². The molecule has 23 heavy (non-hydrogen) atoms. The van der Waals surface area contributed by atoms with Gasteiger partial charge < -0.3 is 14.5 Å². The van der Waals surface area contributed by atoms with Crippen molar-refractivity contribution in [1.82, 2.24) is 0 Å². The summed E-state index contributed by atoms with van der Waals surface area (Å²) in [7, 11) is 4.16. The van der Waals surface area contributed by atoms with Crippen molar-refractivity contribution >= 4 is 17.6 Å². The normalized spacial score (nSPS) is 15.9. The average Bonchev–Trinajstić information content (AvgIpc) is 3.31. The summed E-state index contributed by atoms with van der Waals surface area (Å²) in [5.74, 6) is -0.412. The van der Waals surface area contributed by atoms with Gasteiger partial charge >= 0.3 is 5.97 Å². The first-order valence-electron chi connectivity index (χ1n) is 8.20. The Morgan fingerprint density at radius 3 is 2.43 bits per heavy atom. The van der Waals surface area contributed by atoms with E-state index >= 15 is 0 Å². The zero-order valence-corrected chi connectivity index (χ0v) is 14.7. The number of rotatable bonds is 6. The molecule has 1 aromatic rings. The third kappa shape index (κ3) is 3.11. The van der Waals surface area contributed by atoms with Crippen molar-refractivity contribution in [2.24, 2.45) is 0 Å². The van der Waals surface area contributed by atoms with Gasteiger partial charge in [0.25, 0.3) is 5.91 Å². The molecule has 0 aliphatic heterocycles. The fraction of sp³-hybridized carbons (Fsp3) is 0.556. The monoisotopic (exact) mass is 319 g/mol. The lowest BCUT2D eigenvalue weighted by molar-refractivity contribution is -0.914. The Labute approximate surface area is 138 Å². The van der Waals surface area contributed by atoms with Gasteiger partial charge in [-0.2, -0.15) is 0 Å². The summed E-state index contributed by atoms with van der Waals surface area (Å²) in [6.07, 6.45) is 1.75. The molecule has 1 aromatic carbocycles. The summed E-state index contributed by atoms with van der Waals surface area (Å²) in [4.78, 5) is 25.0. The molecule has 126 valence electrons. The van der Waals surface area contributed by atoms with E-state index in [0.29, 0.717) is 22.3 Å². The van der Waals surface area contributed by atoms with Crippen LogP contribution in [0, 0.1) is 6.92 Å². The van der Waals surface area contributed by atoms with Gasteiger partial charge in [-0.1, -0.05) is 12.1 Å². The molecule has 0 spiro atoms. The predicted octanol–water partition coefficient (Wildman–Crippen LogP) is 2.74. The Hall–Kier alpha value is -1.88. The first kappa shape index (κ1) is 17.5. The molecular formula is C18H27N2O3+. The van der Waals surface area contributed by atoms with Gasteiger partial charge in [0.2, 0.25) is 0 Å². The molecule has 0 unspecified atom stereocenters. The molecule has 2 rings (SSSR count). The molecule has 1 fully saturated rings. The lowest BCUT2D eigenvalue weighted by Crippen LogP contribution is -2.56. The van der Waals surface area contributed by atoms with Crippen LogP contribution >= 0.6 is 0 Å². The number of hydrogen-bond donors (Lipinski definition) is 1. The second kappa shape index (κ2) is 6.32. The molecule has 0 atom stereocenters. The van der Waals surface area contributed by atoms with Crippen LogP contribution in [0.5, 0.6) is 0 Å². The number of hydrogen-bond acceptors (Lipinski definition) is 3. The highest BCUT2D eigenvalue weighted by molar-refractivity contribution is 6.05. The first-order valence-corrected chi connectivity index (χ1v) is 8.20. The van der Waals surface area contributed by atoms with E-state index in [0.717, 1.165) is 24.9 Å². The number of aryl methyl sites for hydroxylation is 1. The standard InChI is InChI=1S/C18H26N2O3/c1-6-20(4,5)18(11-12-18)17(22)19-15-13(3)9-8-10-14(15)16(21)23-7-2/h8-10H,6-7,11-12H2,1-5H3/p+1. The number of amides is 1. The zero-order chi connectivity index (χ0) is 17.3. The largest absolute Gasteiger partial charge is 0.462 e. The van der Waals surface area contributed by atoms with Gasteiger partial charge in [0.05, 0.1) is 38.5 Å². The molecule has 1 aliphatic rings. The second-order valence-electron chi connectivity index (χ2n) is 6.70. The van der Waals surface area contributed by atoms with E-state index < -0.39 is 5.97 Å². The maximum Gasteiger partial charge on any atom is 0.340 e. The lowest BCUT2D eigenvalue weighted by atomic mass is 10.1. The Bertz CT molecular complexity index is 619. The molecule has 0 heterocycles. The number of quaternary nitrogens is 1. The van der Waals surface area contributed by atoms with Crippen molar-refractivity contribution in [2.75, 3.05) is 32.6 Å². The quantitative estimate of drug-likeness (QED) is 0.648. The molecule has 1 saturated carbocycles. The van der Waals surface area contributed by atoms with Crippen LogP contribution in [-0.2, 0) is 9.53 Å². The number of carbonyl (C=O) groups excluding carboxylic acids is 2. The predicted molar refractivity (Wildman–Crippen MR) is 90.4 cm³/mol. The number of carbonyl (C=O) groups is 2.